The minimum Gasteiger partial charge on any atom is -0.444 e. The van der Waals surface area contributed by atoms with Crippen LogP contribution in [0.4, 0.5) is 62.2 Å². The van der Waals surface area contributed by atoms with Gasteiger partial charge in [-0.2, -0.15) is 0 Å². The maximum Gasteiger partial charge on any atom is 0.407 e. The van der Waals surface area contributed by atoms with Crippen molar-refractivity contribution in [3.05, 3.63) is 113 Å². The molecule has 16 heterocycles. The first-order valence-corrected chi connectivity index (χ1v) is 40.9. The van der Waals surface area contributed by atoms with Gasteiger partial charge in [-0.1, -0.05) is 18.2 Å². The molecule has 594 valence electrons. The van der Waals surface area contributed by atoms with Crippen LogP contribution in [0, 0.1) is 16.2 Å². The van der Waals surface area contributed by atoms with Crippen molar-refractivity contribution in [3.8, 4) is 0 Å². The van der Waals surface area contributed by atoms with Gasteiger partial charge in [-0.3, -0.25) is 14.8 Å². The Morgan fingerprint density at radius 3 is 1.54 bits per heavy atom. The fourth-order valence-electron chi connectivity index (χ4n) is 19.5. The standard InChI is InChI=1S/C33H46N8O4.C26H33N7O2.C24H31N7O/c1-21-28(37-31(42)45-32(2,3)4)33(20-44-21)13-16-39(17-14-33)25-19-35-27-29(36-25)41(26-12-5-6-18-43-26)38-30(27)40-15-8-9-22-23(34)10-7-11-24(22)40;1-16-24(27)26(15-35-16)8-11-32(12-9-26)22-14-28-23-20(31-22)13-29-25(23)33-10-4-5-18-19(30-17(2)34)6-3-7-21(18)33;1-15-22(26)24(14-32-15)7-10-30(11-8-24)20-13-27-21-18(29-20)12-28-23(21)31-9-3-4-16-17(25)5-2-6-19(16)31/h7,10-11,19,21,26,28H,5-6,8-9,12-18,20,34H2,1-4H3,(H,37,42);3,6-7,14,16,24H,4-5,8-13,15,27H2,1-2H3,(H,30,34);2,5-6,13,15,22H,3-4,7-12,14,25-26H2,1H3/t21-,26?,28+;16-,24+;15-,22+/m000/s1. The van der Waals surface area contributed by atoms with E-state index < -0.39 is 11.7 Å². The van der Waals surface area contributed by atoms with Crippen molar-refractivity contribution in [2.45, 2.75) is 206 Å². The molecule has 12 aliphatic rings. The molecule has 19 rings (SSSR count). The molecule has 29 heteroatoms. The highest BCUT2D eigenvalue weighted by atomic mass is 16.6. The van der Waals surface area contributed by atoms with Crippen molar-refractivity contribution in [3.63, 3.8) is 0 Å². The summed E-state index contributed by atoms with van der Waals surface area (Å²) in [7, 11) is 0. The van der Waals surface area contributed by atoms with E-state index in [1.54, 1.807) is 6.92 Å². The van der Waals surface area contributed by atoms with Gasteiger partial charge in [-0.15, -0.1) is 5.10 Å². The van der Waals surface area contributed by atoms with Crippen molar-refractivity contribution in [1.82, 2.24) is 45.0 Å². The lowest BCUT2D eigenvalue weighted by atomic mass is 9.73. The number of piperidine rings is 3. The van der Waals surface area contributed by atoms with E-state index in [0.717, 1.165) is 283 Å². The highest BCUT2D eigenvalue weighted by Crippen LogP contribution is 2.48. The number of nitrogens with one attached hydrogen (secondary N) is 2. The monoisotopic (exact) mass is 1530 g/mol. The van der Waals surface area contributed by atoms with Gasteiger partial charge >= 0.3 is 6.09 Å². The number of amides is 2. The molecular weight excluding hydrogens is 1420 g/mol. The van der Waals surface area contributed by atoms with Crippen molar-refractivity contribution >= 4 is 92.2 Å². The van der Waals surface area contributed by atoms with Gasteiger partial charge in [0.05, 0.1) is 87.2 Å². The fourth-order valence-corrected chi connectivity index (χ4v) is 19.5. The van der Waals surface area contributed by atoms with E-state index in [2.05, 4.69) is 72.1 Å². The molecule has 7 atom stereocenters. The number of rotatable bonds is 7. The van der Waals surface area contributed by atoms with Crippen molar-refractivity contribution in [1.29, 1.82) is 0 Å². The third-order valence-electron chi connectivity index (χ3n) is 25.9. The topological polar surface area (TPSA) is 348 Å². The molecule has 29 nitrogen and oxygen atoms in total. The van der Waals surface area contributed by atoms with E-state index >= 15 is 0 Å². The second-order valence-corrected chi connectivity index (χ2v) is 34.0. The van der Waals surface area contributed by atoms with Crippen LogP contribution < -0.4 is 63.0 Å². The number of anilines is 10. The Bertz CT molecular complexity index is 4740. The highest BCUT2D eigenvalue weighted by molar-refractivity contribution is 6.12. The molecular formula is C83H110N22O7. The van der Waals surface area contributed by atoms with E-state index in [1.807, 2.05) is 87.4 Å². The first kappa shape index (κ1) is 75.3. The van der Waals surface area contributed by atoms with E-state index in [0.29, 0.717) is 26.3 Å². The molecule has 3 spiro atoms. The quantitative estimate of drug-likeness (QED) is 0.0808. The number of benzene rings is 3. The maximum atomic E-state index is 12.7. The number of alkyl carbamates (subject to hydrolysis) is 1. The molecule has 4 aromatic heterocycles. The second-order valence-electron chi connectivity index (χ2n) is 34.0. The lowest BCUT2D eigenvalue weighted by Crippen LogP contribution is -2.55. The Morgan fingerprint density at radius 2 is 1.03 bits per heavy atom. The predicted molar refractivity (Wildman–Crippen MR) is 435 cm³/mol. The molecule has 112 heavy (non-hydrogen) atoms. The number of aliphatic imine (C=N–C) groups is 2. The number of nitrogens with zero attached hydrogens (tertiary/aromatic N) is 16. The van der Waals surface area contributed by atoms with Crippen LogP contribution in [0.3, 0.4) is 0 Å². The number of carbonyl (C=O) groups excluding carboxylic acids is 2. The summed E-state index contributed by atoms with van der Waals surface area (Å²) < 4.78 is 31.6. The van der Waals surface area contributed by atoms with Crippen LogP contribution in [0.1, 0.15) is 171 Å². The summed E-state index contributed by atoms with van der Waals surface area (Å²) in [4.78, 5) is 77.7. The lowest BCUT2D eigenvalue weighted by Gasteiger charge is -2.42. The molecule has 1 unspecified atom stereocenters. The Hall–Kier alpha value is -9.39. The van der Waals surface area contributed by atoms with Gasteiger partial charge in [0.1, 0.15) is 34.4 Å². The van der Waals surface area contributed by atoms with Gasteiger partial charge in [-0.25, -0.2) is 39.4 Å². The normalized spacial score (nSPS) is 25.3. The van der Waals surface area contributed by atoms with E-state index in [-0.39, 0.29) is 64.8 Å². The first-order chi connectivity index (χ1) is 54.1. The number of amidine groups is 2. The third kappa shape index (κ3) is 14.3. The smallest absolute Gasteiger partial charge is 0.407 e. The summed E-state index contributed by atoms with van der Waals surface area (Å²) in [6.45, 7) is 25.2. The Kier molecular flexibility index (Phi) is 20.5. The van der Waals surface area contributed by atoms with Gasteiger partial charge < -0.3 is 86.7 Å². The van der Waals surface area contributed by atoms with Crippen LogP contribution in [0.15, 0.2) is 83.2 Å². The van der Waals surface area contributed by atoms with Crippen LogP contribution in [0.2, 0.25) is 0 Å². The molecule has 0 bridgehead atoms. The molecule has 10 N–H and O–H groups in total. The van der Waals surface area contributed by atoms with E-state index in [9.17, 15) is 9.59 Å². The zero-order valence-corrected chi connectivity index (χ0v) is 66.0. The Labute approximate surface area is 655 Å². The number of hydrogen-bond acceptors (Lipinski definition) is 26. The molecule has 7 aromatic rings. The van der Waals surface area contributed by atoms with Gasteiger partial charge in [-0.05, 0) is 191 Å². The van der Waals surface area contributed by atoms with Crippen LogP contribution in [0.25, 0.3) is 11.2 Å². The number of ether oxygens (including phenoxy) is 5. The molecule has 0 aliphatic carbocycles. The first-order valence-electron chi connectivity index (χ1n) is 40.9. The largest absolute Gasteiger partial charge is 0.444 e. The molecule has 0 radical (unpaired) electrons. The van der Waals surface area contributed by atoms with Crippen LogP contribution in [0.5, 0.6) is 0 Å². The van der Waals surface area contributed by atoms with Gasteiger partial charge in [0.15, 0.2) is 34.9 Å². The Balaban J connectivity index is 0.000000124. The van der Waals surface area contributed by atoms with Gasteiger partial charge in [0.2, 0.25) is 5.91 Å². The van der Waals surface area contributed by atoms with Crippen molar-refractivity contribution in [2.75, 3.05) is 132 Å². The molecule has 7 saturated heterocycles. The second kappa shape index (κ2) is 30.5. The number of aromatic nitrogens is 8. The summed E-state index contributed by atoms with van der Waals surface area (Å²) in [5, 5.41) is 11.3. The summed E-state index contributed by atoms with van der Waals surface area (Å²) in [5.41, 5.74) is 39.7. The predicted octanol–water partition coefficient (Wildman–Crippen LogP) is 9.68. The minimum atomic E-state index is -0.555. The number of carbonyl (C=O) groups is 2. The van der Waals surface area contributed by atoms with E-state index in [4.69, 9.17) is 91.6 Å². The Morgan fingerprint density at radius 1 is 0.554 bits per heavy atom. The number of hydrogen-bond donors (Lipinski definition) is 6. The highest BCUT2D eigenvalue weighted by Gasteiger charge is 2.52. The third-order valence-corrected chi connectivity index (χ3v) is 25.9. The molecule has 12 aliphatic heterocycles. The molecule has 0 saturated carbocycles. The molecule has 2 amide bonds. The SMILES string of the molecule is CC(=O)Nc1cccc2c1CCCN2C1=NCc2nc(N3CCC4(CC3)CO[C@@H](C)[C@H]4N)cnc21.C[C@@H]1OCC2(CCN(c3cnc4c(N5CCCc6c(N)cccc65)nn(C5CCCCO5)c4n3)CC2)[C@@H]1NC(=O)OC(C)(C)C.C[C@@H]1OCC2(CCN(c3cnc4c(n3)CN=C4N3CCCc4c(N)cccc43)CC2)[C@@H]1N. The van der Waals surface area contributed by atoms with Gasteiger partial charge in [0.25, 0.3) is 0 Å². The zero-order chi connectivity index (χ0) is 77.4. The number of fused-ring (bicyclic) bond motifs is 6. The summed E-state index contributed by atoms with van der Waals surface area (Å²) >= 11 is 0. The van der Waals surface area contributed by atoms with Crippen molar-refractivity contribution in [2.24, 2.45) is 37.7 Å². The summed E-state index contributed by atoms with van der Waals surface area (Å²) in [5.74, 6) is 5.23. The van der Waals surface area contributed by atoms with Gasteiger partial charge in [0, 0.05) is 135 Å². The lowest BCUT2D eigenvalue weighted by molar-refractivity contribution is -0.114. The number of nitrogen functional groups attached to an aromatic ring is 2. The average molecular weight is 1530 g/mol. The maximum absolute atomic E-state index is 12.7. The van der Waals surface area contributed by atoms with Crippen LogP contribution in [-0.2, 0) is 60.8 Å². The van der Waals surface area contributed by atoms with Crippen LogP contribution >= 0.6 is 0 Å². The number of nitrogens with two attached hydrogens (primary N) is 4. The van der Waals surface area contributed by atoms with Crippen LogP contribution in [-0.4, -0.2) is 191 Å². The van der Waals surface area contributed by atoms with Crippen molar-refractivity contribution < 1.29 is 33.3 Å². The summed E-state index contributed by atoms with van der Waals surface area (Å²) in [6.07, 6.45) is 20.1. The minimum absolute atomic E-state index is 0.0574. The fraction of sp³-hybridized carbons (Fsp3) is 0.578. The summed E-state index contributed by atoms with van der Waals surface area (Å²) in [6, 6.07) is 18.4. The zero-order valence-electron chi connectivity index (χ0n) is 66.0. The molecule has 3 aromatic carbocycles. The molecule has 7 fully saturated rings. The average Bonchev–Trinajstić information content (AvgIpc) is 1.58. The van der Waals surface area contributed by atoms with E-state index in [1.165, 1.54) is 5.56 Å².